The molecule has 0 saturated carbocycles. The van der Waals surface area contributed by atoms with Gasteiger partial charge >= 0.3 is 0 Å². The Morgan fingerprint density at radius 2 is 2.42 bits per heavy atom. The van der Waals surface area contributed by atoms with Gasteiger partial charge in [-0.1, -0.05) is 0 Å². The summed E-state index contributed by atoms with van der Waals surface area (Å²) in [6.45, 7) is 0.752. The van der Waals surface area contributed by atoms with Gasteiger partial charge in [0, 0.05) is 17.3 Å². The Morgan fingerprint density at radius 1 is 1.50 bits per heavy atom. The first-order valence-corrected chi connectivity index (χ1v) is 4.38. The van der Waals surface area contributed by atoms with Crippen LogP contribution in [0, 0.1) is 0 Å². The van der Waals surface area contributed by atoms with Crippen molar-refractivity contribution in [3.05, 3.63) is 29.0 Å². The monoisotopic (exact) mass is 180 g/mol. The average molecular weight is 180 g/mol. The second-order valence-corrected chi connectivity index (χ2v) is 3.41. The molecule has 0 saturated heterocycles. The van der Waals surface area contributed by atoms with Crippen LogP contribution in [0.1, 0.15) is 4.88 Å². The van der Waals surface area contributed by atoms with E-state index >= 15 is 0 Å². The van der Waals surface area contributed by atoms with Crippen molar-refractivity contribution >= 4 is 17.0 Å². The van der Waals surface area contributed by atoms with Crippen LogP contribution in [0.3, 0.4) is 0 Å². The minimum Gasteiger partial charge on any atom is -0.396 e. The van der Waals surface area contributed by atoms with Crippen LogP contribution in [0.4, 0.5) is 5.69 Å². The number of rotatable bonds is 2. The number of hydrogen-bond acceptors (Lipinski definition) is 4. The second-order valence-electron chi connectivity index (χ2n) is 2.44. The van der Waals surface area contributed by atoms with Crippen LogP contribution in [0.5, 0.6) is 0 Å². The van der Waals surface area contributed by atoms with Crippen LogP contribution in [0.15, 0.2) is 24.1 Å². The Balaban J connectivity index is 2.14. The predicted molar refractivity (Wildman–Crippen MR) is 47.9 cm³/mol. The lowest BCUT2D eigenvalue weighted by molar-refractivity contribution is 0.694. The molecule has 0 aliphatic heterocycles. The Labute approximate surface area is 73.7 Å². The summed E-state index contributed by atoms with van der Waals surface area (Å²) in [4.78, 5) is 5.15. The first-order chi connectivity index (χ1) is 5.84. The normalized spacial score (nSPS) is 10.3. The standard InChI is InChI=1S/C7H8N4S/c8-6-1-10-11(3-6)4-7-2-9-5-12-7/h1-3,5H,4,8H2. The highest BCUT2D eigenvalue weighted by molar-refractivity contribution is 7.09. The molecular formula is C7H8N4S. The van der Waals surface area contributed by atoms with Gasteiger partial charge in [0.05, 0.1) is 23.9 Å². The zero-order valence-corrected chi connectivity index (χ0v) is 7.16. The largest absolute Gasteiger partial charge is 0.396 e. The van der Waals surface area contributed by atoms with E-state index in [-0.39, 0.29) is 0 Å². The van der Waals surface area contributed by atoms with Gasteiger partial charge in [0.25, 0.3) is 0 Å². The Bertz CT molecular complexity index is 351. The molecule has 62 valence electrons. The summed E-state index contributed by atoms with van der Waals surface area (Å²) in [6, 6.07) is 0. The Kier molecular flexibility index (Phi) is 1.79. The van der Waals surface area contributed by atoms with Crippen molar-refractivity contribution in [2.24, 2.45) is 0 Å². The van der Waals surface area contributed by atoms with Crippen molar-refractivity contribution in [2.45, 2.75) is 6.54 Å². The number of thiazole rings is 1. The fraction of sp³-hybridized carbons (Fsp3) is 0.143. The first-order valence-electron chi connectivity index (χ1n) is 3.50. The van der Waals surface area contributed by atoms with Crippen LogP contribution < -0.4 is 5.73 Å². The maximum atomic E-state index is 5.51. The fourth-order valence-corrected chi connectivity index (χ4v) is 1.53. The lowest BCUT2D eigenvalue weighted by Crippen LogP contribution is -1.97. The molecular weight excluding hydrogens is 172 g/mol. The lowest BCUT2D eigenvalue weighted by Gasteiger charge is -1.94. The highest BCUT2D eigenvalue weighted by atomic mass is 32.1. The van der Waals surface area contributed by atoms with Crippen LogP contribution in [0.25, 0.3) is 0 Å². The summed E-state index contributed by atoms with van der Waals surface area (Å²) < 4.78 is 1.79. The molecule has 4 nitrogen and oxygen atoms in total. The molecule has 2 heterocycles. The summed E-state index contributed by atoms with van der Waals surface area (Å²) in [7, 11) is 0. The molecule has 12 heavy (non-hydrogen) atoms. The highest BCUT2D eigenvalue weighted by Crippen LogP contribution is 2.08. The van der Waals surface area contributed by atoms with Crippen LogP contribution in [0.2, 0.25) is 0 Å². The number of nitrogens with zero attached hydrogens (tertiary/aromatic N) is 3. The van der Waals surface area contributed by atoms with Gasteiger partial charge in [0.2, 0.25) is 0 Å². The van der Waals surface area contributed by atoms with E-state index in [9.17, 15) is 0 Å². The van der Waals surface area contributed by atoms with Gasteiger partial charge in [-0.15, -0.1) is 11.3 Å². The molecule has 0 fully saturated rings. The van der Waals surface area contributed by atoms with Gasteiger partial charge in [-0.25, -0.2) is 0 Å². The van der Waals surface area contributed by atoms with Crippen LogP contribution in [-0.2, 0) is 6.54 Å². The SMILES string of the molecule is Nc1cnn(Cc2cncs2)c1. The summed E-state index contributed by atoms with van der Waals surface area (Å²) in [5.74, 6) is 0. The number of nitrogens with two attached hydrogens (primary N) is 1. The molecule has 2 aromatic rings. The third-order valence-electron chi connectivity index (χ3n) is 1.45. The first kappa shape index (κ1) is 7.30. The minimum absolute atomic E-state index is 0.694. The van der Waals surface area contributed by atoms with Crippen LogP contribution in [-0.4, -0.2) is 14.8 Å². The lowest BCUT2D eigenvalue weighted by atomic mass is 10.5. The number of aromatic nitrogens is 3. The second kappa shape index (κ2) is 2.94. The summed E-state index contributed by atoms with van der Waals surface area (Å²) in [5.41, 5.74) is 8.01. The van der Waals surface area contributed by atoms with E-state index in [0.29, 0.717) is 5.69 Å². The molecule has 2 rings (SSSR count). The molecule has 0 unspecified atom stereocenters. The molecule has 2 aromatic heterocycles. The molecule has 0 aliphatic carbocycles. The van der Waals surface area contributed by atoms with Gasteiger partial charge in [-0.3, -0.25) is 9.67 Å². The fourth-order valence-electron chi connectivity index (χ4n) is 0.946. The minimum atomic E-state index is 0.694. The average Bonchev–Trinajstić information content (AvgIpc) is 2.63. The maximum absolute atomic E-state index is 5.51. The van der Waals surface area contributed by atoms with Crippen LogP contribution >= 0.6 is 11.3 Å². The van der Waals surface area contributed by atoms with Crippen molar-refractivity contribution in [3.8, 4) is 0 Å². The summed E-state index contributed by atoms with van der Waals surface area (Å²) in [5, 5.41) is 4.06. The van der Waals surface area contributed by atoms with Gasteiger partial charge in [0.1, 0.15) is 0 Å². The molecule has 0 amide bonds. The number of hydrogen-bond donors (Lipinski definition) is 1. The van der Waals surface area contributed by atoms with Crippen molar-refractivity contribution in [2.75, 3.05) is 5.73 Å². The Hall–Kier alpha value is -1.36. The smallest absolute Gasteiger partial charge is 0.0794 e. The maximum Gasteiger partial charge on any atom is 0.0794 e. The molecule has 0 bridgehead atoms. The van der Waals surface area contributed by atoms with E-state index in [2.05, 4.69) is 10.1 Å². The molecule has 0 spiro atoms. The van der Waals surface area contributed by atoms with Gasteiger partial charge in [-0.2, -0.15) is 5.10 Å². The van der Waals surface area contributed by atoms with Gasteiger partial charge < -0.3 is 5.73 Å². The van der Waals surface area contributed by atoms with E-state index < -0.39 is 0 Å². The zero-order valence-electron chi connectivity index (χ0n) is 6.34. The third kappa shape index (κ3) is 1.45. The van der Waals surface area contributed by atoms with E-state index in [1.165, 1.54) is 4.88 Å². The van der Waals surface area contributed by atoms with E-state index in [4.69, 9.17) is 5.73 Å². The van der Waals surface area contributed by atoms with E-state index in [1.807, 2.05) is 11.7 Å². The molecule has 0 atom stereocenters. The summed E-state index contributed by atoms with van der Waals surface area (Å²) in [6.07, 6.45) is 5.28. The highest BCUT2D eigenvalue weighted by Gasteiger charge is 1.97. The summed E-state index contributed by atoms with van der Waals surface area (Å²) >= 11 is 1.61. The molecule has 5 heteroatoms. The van der Waals surface area contributed by atoms with Gasteiger partial charge in [-0.05, 0) is 0 Å². The zero-order chi connectivity index (χ0) is 8.39. The topological polar surface area (TPSA) is 56.7 Å². The van der Waals surface area contributed by atoms with Gasteiger partial charge in [0.15, 0.2) is 0 Å². The van der Waals surface area contributed by atoms with E-state index in [1.54, 1.807) is 28.4 Å². The number of nitrogen functional groups attached to an aromatic ring is 1. The molecule has 0 aliphatic rings. The molecule has 2 N–H and O–H groups in total. The van der Waals surface area contributed by atoms with Crippen molar-refractivity contribution in [1.82, 2.24) is 14.8 Å². The third-order valence-corrected chi connectivity index (χ3v) is 2.22. The molecule has 0 aromatic carbocycles. The quantitative estimate of drug-likeness (QED) is 0.749. The predicted octanol–water partition coefficient (Wildman–Crippen LogP) is 0.970. The van der Waals surface area contributed by atoms with E-state index in [0.717, 1.165) is 6.54 Å². The molecule has 0 radical (unpaired) electrons. The van der Waals surface area contributed by atoms with Crippen molar-refractivity contribution in [1.29, 1.82) is 0 Å². The Morgan fingerprint density at radius 3 is 3.00 bits per heavy atom. The van der Waals surface area contributed by atoms with Crippen molar-refractivity contribution < 1.29 is 0 Å². The number of anilines is 1. The van der Waals surface area contributed by atoms with Crippen molar-refractivity contribution in [3.63, 3.8) is 0 Å².